The summed E-state index contributed by atoms with van der Waals surface area (Å²) in [6, 6.07) is 3.59. The lowest BCUT2D eigenvalue weighted by Crippen LogP contribution is -2.32. The molecule has 1 amide bonds. The number of hydrogen-bond donors (Lipinski definition) is 1. The summed E-state index contributed by atoms with van der Waals surface area (Å²) < 4.78 is 5.43. The zero-order valence-electron chi connectivity index (χ0n) is 10.0. The van der Waals surface area contributed by atoms with Crippen LogP contribution >= 0.6 is 0 Å². The fourth-order valence-corrected chi connectivity index (χ4v) is 1.52. The number of amides is 1. The fraction of sp³-hybridized carbons (Fsp3) is 0.583. The van der Waals surface area contributed by atoms with Gasteiger partial charge in [0.15, 0.2) is 5.76 Å². The van der Waals surface area contributed by atoms with E-state index in [9.17, 15) is 4.79 Å². The van der Waals surface area contributed by atoms with E-state index in [1.54, 1.807) is 11.0 Å². The van der Waals surface area contributed by atoms with E-state index in [0.29, 0.717) is 25.4 Å². The molecule has 4 nitrogen and oxygen atoms in total. The van der Waals surface area contributed by atoms with E-state index in [1.807, 2.05) is 19.9 Å². The third-order valence-corrected chi connectivity index (χ3v) is 2.52. The Balaban J connectivity index is 2.66. The van der Waals surface area contributed by atoms with Crippen molar-refractivity contribution in [2.45, 2.75) is 26.7 Å². The molecular weight excluding hydrogens is 204 g/mol. The predicted octanol–water partition coefficient (Wildman–Crippen LogP) is 1.65. The van der Waals surface area contributed by atoms with E-state index in [2.05, 4.69) is 0 Å². The molecular formula is C12H20N2O2. The summed E-state index contributed by atoms with van der Waals surface area (Å²) in [5.41, 5.74) is 5.43. The van der Waals surface area contributed by atoms with Crippen LogP contribution < -0.4 is 5.73 Å². The zero-order valence-corrected chi connectivity index (χ0v) is 10.0. The lowest BCUT2D eigenvalue weighted by atomic mass is 10.3. The molecule has 0 saturated heterocycles. The highest BCUT2D eigenvalue weighted by Gasteiger charge is 2.16. The smallest absolute Gasteiger partial charge is 0.289 e. The minimum Gasteiger partial charge on any atom is -0.456 e. The second kappa shape index (κ2) is 6.33. The molecule has 0 aliphatic carbocycles. The van der Waals surface area contributed by atoms with Crippen LogP contribution in [-0.4, -0.2) is 30.4 Å². The SMILES string of the molecule is CCc1ccc(C(=O)N(CC)CCCN)o1. The topological polar surface area (TPSA) is 59.5 Å². The van der Waals surface area contributed by atoms with Gasteiger partial charge in [-0.05, 0) is 32.0 Å². The summed E-state index contributed by atoms with van der Waals surface area (Å²) in [4.78, 5) is 13.8. The van der Waals surface area contributed by atoms with Gasteiger partial charge in [0.2, 0.25) is 0 Å². The van der Waals surface area contributed by atoms with Crippen LogP contribution in [0.2, 0.25) is 0 Å². The molecule has 0 bridgehead atoms. The predicted molar refractivity (Wildman–Crippen MR) is 63.3 cm³/mol. The molecule has 0 unspecified atom stereocenters. The monoisotopic (exact) mass is 224 g/mol. The van der Waals surface area contributed by atoms with Crippen molar-refractivity contribution in [1.29, 1.82) is 0 Å². The average molecular weight is 224 g/mol. The number of carbonyl (C=O) groups is 1. The van der Waals surface area contributed by atoms with Crippen LogP contribution in [0.5, 0.6) is 0 Å². The van der Waals surface area contributed by atoms with E-state index >= 15 is 0 Å². The molecule has 1 aromatic heterocycles. The summed E-state index contributed by atoms with van der Waals surface area (Å²) in [6.07, 6.45) is 1.63. The van der Waals surface area contributed by atoms with Gasteiger partial charge < -0.3 is 15.1 Å². The third kappa shape index (κ3) is 3.10. The van der Waals surface area contributed by atoms with Crippen molar-refractivity contribution in [2.75, 3.05) is 19.6 Å². The quantitative estimate of drug-likeness (QED) is 0.799. The van der Waals surface area contributed by atoms with Crippen molar-refractivity contribution in [1.82, 2.24) is 4.90 Å². The first-order valence-corrected chi connectivity index (χ1v) is 5.81. The van der Waals surface area contributed by atoms with Gasteiger partial charge in [-0.25, -0.2) is 0 Å². The molecule has 1 heterocycles. The Bertz CT molecular complexity index is 334. The Kier molecular flexibility index (Phi) is 5.05. The third-order valence-electron chi connectivity index (χ3n) is 2.52. The maximum absolute atomic E-state index is 12.0. The molecule has 0 aliphatic heterocycles. The number of carbonyl (C=O) groups excluding carboxylic acids is 1. The van der Waals surface area contributed by atoms with Gasteiger partial charge in [-0.1, -0.05) is 6.92 Å². The number of hydrogen-bond acceptors (Lipinski definition) is 3. The Morgan fingerprint density at radius 1 is 1.44 bits per heavy atom. The number of aryl methyl sites for hydroxylation is 1. The van der Waals surface area contributed by atoms with Crippen molar-refractivity contribution in [2.24, 2.45) is 5.73 Å². The number of nitrogens with two attached hydrogens (primary N) is 1. The molecule has 0 saturated carbocycles. The van der Waals surface area contributed by atoms with E-state index in [4.69, 9.17) is 10.2 Å². The summed E-state index contributed by atoms with van der Waals surface area (Å²) in [5, 5.41) is 0. The van der Waals surface area contributed by atoms with E-state index in [0.717, 1.165) is 18.6 Å². The van der Waals surface area contributed by atoms with Gasteiger partial charge >= 0.3 is 0 Å². The highest BCUT2D eigenvalue weighted by atomic mass is 16.4. The van der Waals surface area contributed by atoms with Gasteiger partial charge in [0, 0.05) is 19.5 Å². The molecule has 2 N–H and O–H groups in total. The summed E-state index contributed by atoms with van der Waals surface area (Å²) >= 11 is 0. The molecule has 0 atom stereocenters. The highest BCUT2D eigenvalue weighted by molar-refractivity contribution is 5.91. The standard InChI is InChI=1S/C12H20N2O2/c1-3-10-6-7-11(16-10)12(15)14(4-2)9-5-8-13/h6-7H,3-5,8-9,13H2,1-2H3. The Labute approximate surface area is 96.4 Å². The summed E-state index contributed by atoms with van der Waals surface area (Å²) in [6.45, 7) is 5.92. The molecule has 0 radical (unpaired) electrons. The van der Waals surface area contributed by atoms with Crippen molar-refractivity contribution in [3.05, 3.63) is 23.7 Å². The van der Waals surface area contributed by atoms with Crippen LogP contribution in [0.4, 0.5) is 0 Å². The first-order valence-electron chi connectivity index (χ1n) is 5.81. The lowest BCUT2D eigenvalue weighted by Gasteiger charge is -2.18. The lowest BCUT2D eigenvalue weighted by molar-refractivity contribution is 0.0730. The average Bonchev–Trinajstić information content (AvgIpc) is 2.78. The van der Waals surface area contributed by atoms with Gasteiger partial charge in [-0.3, -0.25) is 4.79 Å². The zero-order chi connectivity index (χ0) is 12.0. The second-order valence-electron chi connectivity index (χ2n) is 3.65. The molecule has 0 aliphatic rings. The Morgan fingerprint density at radius 3 is 2.69 bits per heavy atom. The second-order valence-corrected chi connectivity index (χ2v) is 3.65. The van der Waals surface area contributed by atoms with Gasteiger partial charge in [0.1, 0.15) is 5.76 Å². The highest BCUT2D eigenvalue weighted by Crippen LogP contribution is 2.11. The maximum atomic E-state index is 12.0. The number of furan rings is 1. The van der Waals surface area contributed by atoms with Crippen LogP contribution in [-0.2, 0) is 6.42 Å². The Hall–Kier alpha value is -1.29. The first-order chi connectivity index (χ1) is 7.72. The van der Waals surface area contributed by atoms with E-state index in [1.165, 1.54) is 0 Å². The van der Waals surface area contributed by atoms with Gasteiger partial charge in [-0.2, -0.15) is 0 Å². The minimum absolute atomic E-state index is 0.0457. The van der Waals surface area contributed by atoms with Crippen molar-refractivity contribution in [3.8, 4) is 0 Å². The molecule has 0 aromatic carbocycles. The Morgan fingerprint density at radius 2 is 2.19 bits per heavy atom. The molecule has 0 spiro atoms. The summed E-state index contributed by atoms with van der Waals surface area (Å²) in [5.74, 6) is 1.23. The summed E-state index contributed by atoms with van der Waals surface area (Å²) in [7, 11) is 0. The van der Waals surface area contributed by atoms with E-state index in [-0.39, 0.29) is 5.91 Å². The fourth-order valence-electron chi connectivity index (χ4n) is 1.52. The van der Waals surface area contributed by atoms with Gasteiger partial charge in [0.25, 0.3) is 5.91 Å². The molecule has 16 heavy (non-hydrogen) atoms. The van der Waals surface area contributed by atoms with Crippen LogP contribution in [0.25, 0.3) is 0 Å². The van der Waals surface area contributed by atoms with Gasteiger partial charge in [-0.15, -0.1) is 0 Å². The molecule has 0 fully saturated rings. The number of rotatable bonds is 6. The van der Waals surface area contributed by atoms with Crippen molar-refractivity contribution >= 4 is 5.91 Å². The largest absolute Gasteiger partial charge is 0.456 e. The van der Waals surface area contributed by atoms with Crippen LogP contribution in [0.15, 0.2) is 16.5 Å². The molecule has 4 heteroatoms. The maximum Gasteiger partial charge on any atom is 0.289 e. The minimum atomic E-state index is -0.0457. The van der Waals surface area contributed by atoms with E-state index < -0.39 is 0 Å². The van der Waals surface area contributed by atoms with Crippen molar-refractivity contribution < 1.29 is 9.21 Å². The van der Waals surface area contributed by atoms with Crippen molar-refractivity contribution in [3.63, 3.8) is 0 Å². The number of nitrogens with zero attached hydrogens (tertiary/aromatic N) is 1. The van der Waals surface area contributed by atoms with Crippen LogP contribution in [0.3, 0.4) is 0 Å². The molecule has 90 valence electrons. The normalized spacial score (nSPS) is 10.4. The first kappa shape index (κ1) is 12.8. The van der Waals surface area contributed by atoms with Crippen LogP contribution in [0, 0.1) is 0 Å². The van der Waals surface area contributed by atoms with Crippen LogP contribution in [0.1, 0.15) is 36.6 Å². The molecule has 1 aromatic rings. The van der Waals surface area contributed by atoms with Gasteiger partial charge in [0.05, 0.1) is 0 Å². The molecule has 1 rings (SSSR count).